The van der Waals surface area contributed by atoms with Gasteiger partial charge >= 0.3 is 5.97 Å². The zero-order valence-corrected chi connectivity index (χ0v) is 13.4. The van der Waals surface area contributed by atoms with Crippen molar-refractivity contribution in [2.24, 2.45) is 0 Å². The summed E-state index contributed by atoms with van der Waals surface area (Å²) in [6.07, 6.45) is 2.65. The summed E-state index contributed by atoms with van der Waals surface area (Å²) in [6.45, 7) is 1.55. The van der Waals surface area contributed by atoms with Crippen LogP contribution in [-0.2, 0) is 14.8 Å². The fraction of sp³-hybridized carbons (Fsp3) is 0.615. The quantitative estimate of drug-likeness (QED) is 0.839. The number of methoxy groups -OCH3 is 1. The molecule has 2 unspecified atom stereocenters. The first kappa shape index (κ1) is 15.0. The number of carbonyl (C=O) groups is 1. The molecule has 3 rings (SSSR count). The number of fused-ring (bicyclic) bond motifs is 2. The molecule has 0 aromatic carbocycles. The molecule has 1 N–H and O–H groups in total. The first-order chi connectivity index (χ1) is 10.0. The zero-order chi connectivity index (χ0) is 15.0. The Labute approximate surface area is 128 Å². The first-order valence-electron chi connectivity index (χ1n) is 6.95. The van der Waals surface area contributed by atoms with Gasteiger partial charge in [-0.15, -0.1) is 11.3 Å². The zero-order valence-electron chi connectivity index (χ0n) is 11.7. The van der Waals surface area contributed by atoms with Gasteiger partial charge in [0.1, 0.15) is 4.88 Å². The molecule has 8 heteroatoms. The van der Waals surface area contributed by atoms with Crippen LogP contribution in [0.4, 0.5) is 0 Å². The molecule has 1 aromatic rings. The van der Waals surface area contributed by atoms with Gasteiger partial charge in [-0.1, -0.05) is 0 Å². The first-order valence-corrected chi connectivity index (χ1v) is 9.27. The van der Waals surface area contributed by atoms with Gasteiger partial charge in [-0.2, -0.15) is 4.31 Å². The van der Waals surface area contributed by atoms with Crippen LogP contribution >= 0.6 is 11.3 Å². The Morgan fingerprint density at radius 3 is 2.90 bits per heavy atom. The van der Waals surface area contributed by atoms with Crippen LogP contribution < -0.4 is 5.32 Å². The van der Waals surface area contributed by atoms with E-state index in [1.165, 1.54) is 18.6 Å². The molecule has 21 heavy (non-hydrogen) atoms. The second kappa shape index (κ2) is 5.68. The molecule has 2 saturated heterocycles. The molecule has 6 nitrogen and oxygen atoms in total. The Kier molecular flexibility index (Phi) is 4.04. The molecule has 0 radical (unpaired) electrons. The highest BCUT2D eigenvalue weighted by Crippen LogP contribution is 2.35. The number of nitrogens with one attached hydrogen (secondary N) is 1. The van der Waals surface area contributed by atoms with E-state index in [4.69, 9.17) is 0 Å². The molecule has 3 heterocycles. The van der Waals surface area contributed by atoms with Crippen molar-refractivity contribution in [2.75, 3.05) is 20.2 Å². The number of thiophene rings is 1. The summed E-state index contributed by atoms with van der Waals surface area (Å²) in [5.41, 5.74) is 0. The fourth-order valence-electron chi connectivity index (χ4n) is 3.11. The van der Waals surface area contributed by atoms with Crippen LogP contribution in [0.3, 0.4) is 0 Å². The third kappa shape index (κ3) is 2.61. The highest BCUT2D eigenvalue weighted by molar-refractivity contribution is 7.89. The van der Waals surface area contributed by atoms with E-state index in [1.54, 1.807) is 4.31 Å². The van der Waals surface area contributed by atoms with Crippen LogP contribution in [-0.4, -0.2) is 51.0 Å². The smallest absolute Gasteiger partial charge is 0.348 e. The Hall–Kier alpha value is -0.960. The Balaban J connectivity index is 1.93. The maximum Gasteiger partial charge on any atom is 0.348 e. The van der Waals surface area contributed by atoms with Crippen molar-refractivity contribution in [3.63, 3.8) is 0 Å². The van der Waals surface area contributed by atoms with Gasteiger partial charge in [0.05, 0.1) is 12.0 Å². The van der Waals surface area contributed by atoms with Crippen LogP contribution in [0.15, 0.2) is 16.3 Å². The summed E-state index contributed by atoms with van der Waals surface area (Å²) in [5, 5.41) is 4.81. The molecule has 0 saturated carbocycles. The number of nitrogens with zero attached hydrogens (tertiary/aromatic N) is 1. The van der Waals surface area contributed by atoms with Crippen molar-refractivity contribution < 1.29 is 17.9 Å². The van der Waals surface area contributed by atoms with Crippen molar-refractivity contribution in [2.45, 2.75) is 36.2 Å². The largest absolute Gasteiger partial charge is 0.465 e. The van der Waals surface area contributed by atoms with Crippen LogP contribution in [0.2, 0.25) is 0 Å². The van der Waals surface area contributed by atoms with E-state index in [0.717, 1.165) is 37.1 Å². The number of hydrogen-bond acceptors (Lipinski definition) is 6. The maximum absolute atomic E-state index is 12.9. The maximum atomic E-state index is 12.9. The van der Waals surface area contributed by atoms with E-state index in [2.05, 4.69) is 10.1 Å². The van der Waals surface area contributed by atoms with Gasteiger partial charge in [-0.25, -0.2) is 13.2 Å². The number of esters is 1. The third-order valence-electron chi connectivity index (χ3n) is 4.12. The van der Waals surface area contributed by atoms with Crippen LogP contribution in [0.1, 0.15) is 28.9 Å². The monoisotopic (exact) mass is 330 g/mol. The summed E-state index contributed by atoms with van der Waals surface area (Å²) < 4.78 is 32.0. The predicted octanol–water partition coefficient (Wildman–Crippen LogP) is 1.05. The predicted molar refractivity (Wildman–Crippen MR) is 79.0 cm³/mol. The lowest BCUT2D eigenvalue weighted by Crippen LogP contribution is -2.42. The van der Waals surface area contributed by atoms with Gasteiger partial charge < -0.3 is 10.1 Å². The van der Waals surface area contributed by atoms with Crippen LogP contribution in [0, 0.1) is 0 Å². The van der Waals surface area contributed by atoms with Crippen molar-refractivity contribution in [3.8, 4) is 0 Å². The number of sulfonamides is 1. The average Bonchev–Trinajstić information content (AvgIpc) is 3.02. The summed E-state index contributed by atoms with van der Waals surface area (Å²) in [7, 11) is -2.26. The van der Waals surface area contributed by atoms with Gasteiger partial charge in [0.15, 0.2) is 0 Å². The second-order valence-corrected chi connectivity index (χ2v) is 8.11. The Bertz CT molecular complexity index is 626. The minimum atomic E-state index is -3.55. The molecule has 2 fully saturated rings. The highest BCUT2D eigenvalue weighted by Gasteiger charge is 2.43. The van der Waals surface area contributed by atoms with Crippen LogP contribution in [0.25, 0.3) is 0 Å². The molecule has 0 spiro atoms. The van der Waals surface area contributed by atoms with Crippen molar-refractivity contribution in [1.29, 1.82) is 0 Å². The van der Waals surface area contributed by atoms with E-state index in [9.17, 15) is 13.2 Å². The van der Waals surface area contributed by atoms with E-state index in [-0.39, 0.29) is 17.0 Å². The molecule has 0 amide bonds. The second-order valence-electron chi connectivity index (χ2n) is 5.35. The number of carbonyl (C=O) groups excluding carboxylic acids is 1. The van der Waals surface area contributed by atoms with E-state index >= 15 is 0 Å². The Morgan fingerprint density at radius 1 is 1.38 bits per heavy atom. The number of rotatable bonds is 3. The molecular formula is C13H18N2O4S2. The molecule has 1 aromatic heterocycles. The van der Waals surface area contributed by atoms with Gasteiger partial charge in [0.2, 0.25) is 10.0 Å². The highest BCUT2D eigenvalue weighted by atomic mass is 32.2. The summed E-state index contributed by atoms with van der Waals surface area (Å²) in [6, 6.07) is 1.50. The van der Waals surface area contributed by atoms with E-state index < -0.39 is 16.0 Å². The number of ether oxygens (including phenoxy) is 1. The molecule has 2 aliphatic rings. The fourth-order valence-corrected chi connectivity index (χ4v) is 6.19. The standard InChI is InChI=1S/C13H18N2O4S2/c1-19-13(16)12-6-11(8-20-12)21(17,18)15-9-2-3-10(15)7-14-5-4-9/h6,8-10,14H,2-5,7H2,1H3. The molecule has 2 bridgehead atoms. The lowest BCUT2D eigenvalue weighted by Gasteiger charge is -2.26. The van der Waals surface area contributed by atoms with Gasteiger partial charge in [0, 0.05) is 24.0 Å². The van der Waals surface area contributed by atoms with Crippen molar-refractivity contribution in [3.05, 3.63) is 16.3 Å². The van der Waals surface area contributed by atoms with Crippen molar-refractivity contribution >= 4 is 27.3 Å². The summed E-state index contributed by atoms with van der Waals surface area (Å²) in [5.74, 6) is -0.498. The van der Waals surface area contributed by atoms with Crippen molar-refractivity contribution in [1.82, 2.24) is 9.62 Å². The topological polar surface area (TPSA) is 75.7 Å². The SMILES string of the molecule is COC(=O)c1cc(S(=O)(=O)N2C3CCNCC2CC3)cs1. The minimum absolute atomic E-state index is 0.0176. The molecule has 116 valence electrons. The summed E-state index contributed by atoms with van der Waals surface area (Å²) in [4.78, 5) is 12.0. The lowest BCUT2D eigenvalue weighted by atomic mass is 10.1. The average molecular weight is 330 g/mol. The number of hydrogen-bond donors (Lipinski definition) is 1. The third-order valence-corrected chi connectivity index (χ3v) is 7.17. The van der Waals surface area contributed by atoms with Gasteiger partial charge in [-0.3, -0.25) is 0 Å². The minimum Gasteiger partial charge on any atom is -0.465 e. The lowest BCUT2D eigenvalue weighted by molar-refractivity contribution is 0.0606. The molecule has 2 aliphatic heterocycles. The molecule has 0 aliphatic carbocycles. The molecular weight excluding hydrogens is 312 g/mol. The summed E-state index contributed by atoms with van der Waals surface area (Å²) >= 11 is 1.11. The molecule has 2 atom stereocenters. The van der Waals surface area contributed by atoms with E-state index in [1.807, 2.05) is 0 Å². The van der Waals surface area contributed by atoms with Crippen LogP contribution in [0.5, 0.6) is 0 Å². The van der Waals surface area contributed by atoms with E-state index in [0.29, 0.717) is 11.4 Å². The normalized spacial score (nSPS) is 26.5. The Morgan fingerprint density at radius 2 is 2.14 bits per heavy atom. The van der Waals surface area contributed by atoms with Gasteiger partial charge in [0.25, 0.3) is 0 Å². The van der Waals surface area contributed by atoms with Gasteiger partial charge in [-0.05, 0) is 31.9 Å².